The third kappa shape index (κ3) is 1.93. The average molecular weight is 249 g/mol. The molecule has 1 aromatic rings. The van der Waals surface area contributed by atoms with E-state index in [2.05, 4.69) is 0 Å². The van der Waals surface area contributed by atoms with E-state index in [1.807, 2.05) is 0 Å². The molecule has 0 aliphatic rings. The van der Waals surface area contributed by atoms with Gasteiger partial charge in [0.05, 0.1) is 5.41 Å². The third-order valence-electron chi connectivity index (χ3n) is 3.85. The number of hydrogen-bond donors (Lipinski definition) is 2. The van der Waals surface area contributed by atoms with E-state index < -0.39 is 16.9 Å². The first-order valence-corrected chi connectivity index (χ1v) is 6.02. The Bertz CT molecular complexity index is 426. The minimum Gasteiger partial charge on any atom is -0.481 e. The summed E-state index contributed by atoms with van der Waals surface area (Å²) in [4.78, 5) is 23.1. The maximum atomic E-state index is 11.6. The first-order valence-electron chi connectivity index (χ1n) is 6.02. The molecule has 0 saturated carbocycles. The van der Waals surface area contributed by atoms with Gasteiger partial charge in [-0.05, 0) is 18.4 Å². The molecule has 0 aromatic heterocycles. The van der Waals surface area contributed by atoms with Gasteiger partial charge in [-0.15, -0.1) is 0 Å². The van der Waals surface area contributed by atoms with Gasteiger partial charge in [0.2, 0.25) is 0 Å². The van der Waals surface area contributed by atoms with Crippen LogP contribution < -0.4 is 5.73 Å². The van der Waals surface area contributed by atoms with Crippen LogP contribution in [0.25, 0.3) is 0 Å². The molecule has 98 valence electrons. The highest BCUT2D eigenvalue weighted by Crippen LogP contribution is 2.42. The molecular formula is C14H19NO3. The van der Waals surface area contributed by atoms with Gasteiger partial charge in [0.1, 0.15) is 11.8 Å². The van der Waals surface area contributed by atoms with Gasteiger partial charge in [-0.25, -0.2) is 0 Å². The van der Waals surface area contributed by atoms with Gasteiger partial charge in [0.25, 0.3) is 0 Å². The van der Waals surface area contributed by atoms with Gasteiger partial charge >= 0.3 is 5.97 Å². The number of nitrogens with two attached hydrogens (primary N) is 1. The summed E-state index contributed by atoms with van der Waals surface area (Å²) in [5.41, 5.74) is 3.91. The first kappa shape index (κ1) is 14.4. The van der Waals surface area contributed by atoms with Crippen molar-refractivity contribution in [2.24, 2.45) is 11.1 Å². The van der Waals surface area contributed by atoms with Gasteiger partial charge in [0.15, 0.2) is 0 Å². The van der Waals surface area contributed by atoms with Crippen molar-refractivity contribution in [3.05, 3.63) is 35.9 Å². The molecule has 18 heavy (non-hydrogen) atoms. The number of benzene rings is 1. The van der Waals surface area contributed by atoms with E-state index in [1.165, 1.54) is 0 Å². The summed E-state index contributed by atoms with van der Waals surface area (Å²) in [6.07, 6.45) is 1.15. The number of hydrogen-bond acceptors (Lipinski definition) is 3. The summed E-state index contributed by atoms with van der Waals surface area (Å²) in [7, 11) is 0. The molecule has 0 saturated heterocycles. The third-order valence-corrected chi connectivity index (χ3v) is 3.85. The lowest BCUT2D eigenvalue weighted by Crippen LogP contribution is -2.57. The van der Waals surface area contributed by atoms with Crippen LogP contribution in [-0.4, -0.2) is 17.4 Å². The normalized spacial score (nSPS) is 14.8. The molecule has 0 radical (unpaired) electrons. The molecule has 4 heteroatoms. The van der Waals surface area contributed by atoms with Crippen molar-refractivity contribution in [2.45, 2.75) is 32.2 Å². The highest BCUT2D eigenvalue weighted by Gasteiger charge is 2.53. The number of carbonyl (C=O) groups excluding carboxylic acids is 1. The summed E-state index contributed by atoms with van der Waals surface area (Å²) in [5.74, 6) is -1.04. The molecule has 1 atom stereocenters. The molecule has 0 fully saturated rings. The van der Waals surface area contributed by atoms with Gasteiger partial charge in [-0.3, -0.25) is 4.79 Å². The number of aldehydes is 1. The Morgan fingerprint density at radius 1 is 1.28 bits per heavy atom. The molecule has 1 rings (SSSR count). The van der Waals surface area contributed by atoms with Gasteiger partial charge in [-0.2, -0.15) is 0 Å². The Balaban J connectivity index is 3.46. The first-order chi connectivity index (χ1) is 8.48. The predicted molar refractivity (Wildman–Crippen MR) is 69.0 cm³/mol. The van der Waals surface area contributed by atoms with Crippen LogP contribution in [0.15, 0.2) is 30.3 Å². The molecule has 0 aliphatic carbocycles. The fraction of sp³-hybridized carbons (Fsp3) is 0.429. The van der Waals surface area contributed by atoms with Gasteiger partial charge < -0.3 is 15.6 Å². The molecule has 0 bridgehead atoms. The minimum atomic E-state index is -1.51. The van der Waals surface area contributed by atoms with E-state index in [9.17, 15) is 14.7 Å². The number of carbonyl (C=O) groups is 2. The highest BCUT2D eigenvalue weighted by atomic mass is 16.4. The number of rotatable bonds is 6. The monoisotopic (exact) mass is 249 g/mol. The van der Waals surface area contributed by atoms with Crippen molar-refractivity contribution >= 4 is 12.3 Å². The predicted octanol–water partition coefficient (Wildman–Crippen LogP) is 1.93. The molecule has 3 N–H and O–H groups in total. The van der Waals surface area contributed by atoms with Crippen LogP contribution >= 0.6 is 0 Å². The van der Waals surface area contributed by atoms with E-state index in [0.29, 0.717) is 24.7 Å². The van der Waals surface area contributed by atoms with Crippen molar-refractivity contribution in [3.63, 3.8) is 0 Å². The Morgan fingerprint density at radius 3 is 2.11 bits per heavy atom. The smallest absolute Gasteiger partial charge is 0.312 e. The molecule has 0 spiro atoms. The standard InChI is InChI=1S/C14H19NO3/c1-3-13(4-2,12(17)18)14(15,10-16)11-8-6-5-7-9-11/h5-10H,3-4,15H2,1-2H3,(H,17,18). The Kier molecular flexibility index (Phi) is 4.24. The quantitative estimate of drug-likeness (QED) is 0.755. The maximum Gasteiger partial charge on any atom is 0.312 e. The van der Waals surface area contributed by atoms with Gasteiger partial charge in [0, 0.05) is 0 Å². The molecular weight excluding hydrogens is 230 g/mol. The minimum absolute atomic E-state index is 0.295. The summed E-state index contributed by atoms with van der Waals surface area (Å²) in [6, 6.07) is 8.68. The average Bonchev–Trinajstić information content (AvgIpc) is 2.41. The van der Waals surface area contributed by atoms with Gasteiger partial charge in [-0.1, -0.05) is 44.2 Å². The van der Waals surface area contributed by atoms with Crippen LogP contribution in [0.2, 0.25) is 0 Å². The van der Waals surface area contributed by atoms with Crippen LogP contribution in [0.3, 0.4) is 0 Å². The van der Waals surface area contributed by atoms with Crippen LogP contribution in [0.4, 0.5) is 0 Å². The van der Waals surface area contributed by atoms with Crippen molar-refractivity contribution in [1.82, 2.24) is 0 Å². The van der Waals surface area contributed by atoms with Crippen LogP contribution in [-0.2, 0) is 15.1 Å². The maximum absolute atomic E-state index is 11.6. The van der Waals surface area contributed by atoms with Crippen molar-refractivity contribution in [2.75, 3.05) is 0 Å². The van der Waals surface area contributed by atoms with Crippen LogP contribution in [0.5, 0.6) is 0 Å². The summed E-state index contributed by atoms with van der Waals surface area (Å²) in [5, 5.41) is 9.51. The number of carboxylic acid groups (broad SMARTS) is 1. The molecule has 1 unspecified atom stereocenters. The fourth-order valence-corrected chi connectivity index (χ4v) is 2.49. The zero-order chi connectivity index (χ0) is 13.8. The van der Waals surface area contributed by atoms with E-state index in [1.54, 1.807) is 44.2 Å². The summed E-state index contributed by atoms with van der Waals surface area (Å²) in [6.45, 7) is 3.48. The Labute approximate surface area is 107 Å². The Hall–Kier alpha value is -1.68. The summed E-state index contributed by atoms with van der Waals surface area (Å²) < 4.78 is 0. The Morgan fingerprint density at radius 2 is 1.78 bits per heavy atom. The van der Waals surface area contributed by atoms with E-state index >= 15 is 0 Å². The van der Waals surface area contributed by atoms with Crippen molar-refractivity contribution in [1.29, 1.82) is 0 Å². The number of carboxylic acids is 1. The lowest BCUT2D eigenvalue weighted by Gasteiger charge is -2.41. The lowest BCUT2D eigenvalue weighted by atomic mass is 9.64. The second-order valence-electron chi connectivity index (χ2n) is 4.45. The second-order valence-corrected chi connectivity index (χ2v) is 4.45. The molecule has 0 heterocycles. The van der Waals surface area contributed by atoms with E-state index in [0.717, 1.165) is 0 Å². The van der Waals surface area contributed by atoms with E-state index in [4.69, 9.17) is 5.73 Å². The van der Waals surface area contributed by atoms with Crippen molar-refractivity contribution in [3.8, 4) is 0 Å². The molecule has 0 amide bonds. The lowest BCUT2D eigenvalue weighted by molar-refractivity contribution is -0.157. The topological polar surface area (TPSA) is 80.4 Å². The van der Waals surface area contributed by atoms with Crippen LogP contribution in [0.1, 0.15) is 32.3 Å². The zero-order valence-electron chi connectivity index (χ0n) is 10.7. The van der Waals surface area contributed by atoms with E-state index in [-0.39, 0.29) is 0 Å². The molecule has 1 aromatic carbocycles. The van der Waals surface area contributed by atoms with Crippen molar-refractivity contribution < 1.29 is 14.7 Å². The number of aliphatic carboxylic acids is 1. The highest BCUT2D eigenvalue weighted by molar-refractivity contribution is 5.85. The van der Waals surface area contributed by atoms with Crippen LogP contribution in [0, 0.1) is 5.41 Å². The summed E-state index contributed by atoms with van der Waals surface area (Å²) >= 11 is 0. The fourth-order valence-electron chi connectivity index (χ4n) is 2.49. The largest absolute Gasteiger partial charge is 0.481 e. The molecule has 4 nitrogen and oxygen atoms in total. The molecule has 0 aliphatic heterocycles. The zero-order valence-corrected chi connectivity index (χ0v) is 10.7. The SMILES string of the molecule is CCC(CC)(C(=O)O)C(N)(C=O)c1ccccc1. The second kappa shape index (κ2) is 5.31.